The number of carbonyl (C=O) groups excluding carboxylic acids is 1. The molecule has 1 atom stereocenters. The average Bonchev–Trinajstić information content (AvgIpc) is 1.76. The zero-order valence-corrected chi connectivity index (χ0v) is 8.59. The third-order valence-electron chi connectivity index (χ3n) is 2.04. The maximum atomic E-state index is 11.5. The number of nitrogens with one attached hydrogen (secondary N) is 1. The van der Waals surface area contributed by atoms with Crippen molar-refractivity contribution in [1.29, 1.82) is 0 Å². The van der Waals surface area contributed by atoms with Crippen LogP contribution in [0.2, 0.25) is 0 Å². The fourth-order valence-electron chi connectivity index (χ4n) is 1.18. The van der Waals surface area contributed by atoms with E-state index in [1.165, 1.54) is 0 Å². The van der Waals surface area contributed by atoms with Crippen molar-refractivity contribution >= 4 is 11.9 Å². The van der Waals surface area contributed by atoms with E-state index in [1.54, 1.807) is 20.8 Å². The molecule has 0 bridgehead atoms. The minimum Gasteiger partial charge on any atom is -0.479 e. The normalized spacial score (nSPS) is 26.5. The van der Waals surface area contributed by atoms with Gasteiger partial charge in [-0.3, -0.25) is 5.32 Å². The van der Waals surface area contributed by atoms with Crippen LogP contribution in [0.5, 0.6) is 0 Å². The summed E-state index contributed by atoms with van der Waals surface area (Å²) in [5.41, 5.74) is -2.16. The molecule has 5 nitrogen and oxygen atoms in total. The molecule has 0 spiro atoms. The Morgan fingerprint density at radius 2 is 1.93 bits per heavy atom. The largest absolute Gasteiger partial charge is 0.479 e. The van der Waals surface area contributed by atoms with Crippen LogP contribution in [-0.4, -0.2) is 34.7 Å². The van der Waals surface area contributed by atoms with Crippen molar-refractivity contribution in [3.8, 4) is 0 Å². The third kappa shape index (κ3) is 1.87. The van der Waals surface area contributed by atoms with Crippen molar-refractivity contribution in [2.75, 3.05) is 6.54 Å². The Labute approximate surface area is 82.4 Å². The molecule has 0 aromatic heterocycles. The lowest BCUT2D eigenvalue weighted by atomic mass is 9.88. The molecular formula is C9H15NO4. The van der Waals surface area contributed by atoms with Crippen LogP contribution in [0.4, 0.5) is 0 Å². The summed E-state index contributed by atoms with van der Waals surface area (Å²) in [5.74, 6) is -1.87. The summed E-state index contributed by atoms with van der Waals surface area (Å²) in [5, 5.41) is 11.5. The van der Waals surface area contributed by atoms with Crippen LogP contribution >= 0.6 is 0 Å². The molecule has 1 unspecified atom stereocenters. The minimum absolute atomic E-state index is 0.289. The van der Waals surface area contributed by atoms with Gasteiger partial charge in [0, 0.05) is 0 Å². The molecule has 0 aromatic carbocycles. The highest BCUT2D eigenvalue weighted by Crippen LogP contribution is 2.23. The van der Waals surface area contributed by atoms with Gasteiger partial charge in [0.15, 0.2) is 0 Å². The fourth-order valence-corrected chi connectivity index (χ4v) is 1.18. The first-order valence-electron chi connectivity index (χ1n) is 4.50. The van der Waals surface area contributed by atoms with E-state index in [4.69, 9.17) is 9.84 Å². The van der Waals surface area contributed by atoms with Crippen LogP contribution in [0, 0.1) is 0 Å². The summed E-state index contributed by atoms with van der Waals surface area (Å²) >= 11 is 0. The fraction of sp³-hybridized carbons (Fsp3) is 0.778. The van der Waals surface area contributed by atoms with Gasteiger partial charge in [-0.2, -0.15) is 0 Å². The van der Waals surface area contributed by atoms with E-state index in [0.29, 0.717) is 6.54 Å². The zero-order chi connectivity index (χ0) is 11.0. The van der Waals surface area contributed by atoms with E-state index >= 15 is 0 Å². The SMILES string of the molecule is CC(C)(C)OC(=O)C1(C(=O)O)CCN1. The van der Waals surface area contributed by atoms with Crippen molar-refractivity contribution in [1.82, 2.24) is 5.32 Å². The third-order valence-corrected chi connectivity index (χ3v) is 2.04. The second kappa shape index (κ2) is 3.24. The maximum Gasteiger partial charge on any atom is 0.338 e. The second-order valence-corrected chi connectivity index (χ2v) is 4.39. The molecule has 14 heavy (non-hydrogen) atoms. The molecule has 1 saturated heterocycles. The summed E-state index contributed by atoms with van der Waals surface area (Å²) < 4.78 is 5.02. The highest BCUT2D eigenvalue weighted by Gasteiger charge is 2.53. The zero-order valence-electron chi connectivity index (χ0n) is 8.59. The molecule has 0 aliphatic carbocycles. The van der Waals surface area contributed by atoms with Crippen LogP contribution in [0.25, 0.3) is 0 Å². The lowest BCUT2D eigenvalue weighted by Gasteiger charge is -2.38. The maximum absolute atomic E-state index is 11.5. The van der Waals surface area contributed by atoms with Gasteiger partial charge in [0.2, 0.25) is 5.54 Å². The number of hydrogen-bond donors (Lipinski definition) is 2. The van der Waals surface area contributed by atoms with Crippen molar-refractivity contribution < 1.29 is 19.4 Å². The van der Waals surface area contributed by atoms with E-state index in [-0.39, 0.29) is 6.42 Å². The number of carboxylic acids is 1. The lowest BCUT2D eigenvalue weighted by molar-refractivity contribution is -0.175. The van der Waals surface area contributed by atoms with Gasteiger partial charge in [-0.05, 0) is 33.7 Å². The summed E-state index contributed by atoms with van der Waals surface area (Å²) in [6, 6.07) is 0. The molecule has 1 heterocycles. The molecule has 80 valence electrons. The Bertz CT molecular complexity index is 262. The molecule has 0 amide bonds. The van der Waals surface area contributed by atoms with E-state index < -0.39 is 23.1 Å². The predicted octanol–water partition coefficient (Wildman–Crippen LogP) is 0.145. The molecule has 0 saturated carbocycles. The Morgan fingerprint density at radius 3 is 2.14 bits per heavy atom. The lowest BCUT2D eigenvalue weighted by Crippen LogP contribution is -2.68. The van der Waals surface area contributed by atoms with Crippen molar-refractivity contribution in [2.24, 2.45) is 0 Å². The topological polar surface area (TPSA) is 75.6 Å². The first-order valence-corrected chi connectivity index (χ1v) is 4.50. The van der Waals surface area contributed by atoms with Crippen molar-refractivity contribution in [3.05, 3.63) is 0 Å². The summed E-state index contributed by atoms with van der Waals surface area (Å²) in [7, 11) is 0. The highest BCUT2D eigenvalue weighted by molar-refractivity contribution is 6.05. The number of aliphatic carboxylic acids is 1. The summed E-state index contributed by atoms with van der Waals surface area (Å²) in [6.45, 7) is 5.66. The van der Waals surface area contributed by atoms with Crippen molar-refractivity contribution in [3.63, 3.8) is 0 Å². The molecular weight excluding hydrogens is 186 g/mol. The number of ether oxygens (including phenoxy) is 1. The minimum atomic E-state index is -1.51. The van der Waals surface area contributed by atoms with Gasteiger partial charge in [0.05, 0.1) is 0 Å². The number of esters is 1. The molecule has 2 N–H and O–H groups in total. The highest BCUT2D eigenvalue weighted by atomic mass is 16.6. The molecule has 1 aliphatic rings. The van der Waals surface area contributed by atoms with E-state index in [9.17, 15) is 9.59 Å². The molecule has 0 radical (unpaired) electrons. The van der Waals surface area contributed by atoms with Crippen molar-refractivity contribution in [2.45, 2.75) is 38.3 Å². The van der Waals surface area contributed by atoms with E-state index in [0.717, 1.165) is 0 Å². The summed E-state index contributed by atoms with van der Waals surface area (Å²) in [4.78, 5) is 22.4. The van der Waals surface area contributed by atoms with Gasteiger partial charge in [-0.15, -0.1) is 0 Å². The predicted molar refractivity (Wildman–Crippen MR) is 48.8 cm³/mol. The molecule has 1 fully saturated rings. The molecule has 1 aliphatic heterocycles. The van der Waals surface area contributed by atoms with Gasteiger partial charge >= 0.3 is 11.9 Å². The number of hydrogen-bond acceptors (Lipinski definition) is 4. The van der Waals surface area contributed by atoms with E-state index in [2.05, 4.69) is 5.32 Å². The van der Waals surface area contributed by atoms with E-state index in [1.807, 2.05) is 0 Å². The quantitative estimate of drug-likeness (QED) is 0.491. The van der Waals surface area contributed by atoms with Crippen LogP contribution in [0.1, 0.15) is 27.2 Å². The molecule has 0 aromatic rings. The van der Waals surface area contributed by atoms with Crippen LogP contribution in [-0.2, 0) is 14.3 Å². The number of carboxylic acid groups (broad SMARTS) is 1. The van der Waals surface area contributed by atoms with Gasteiger partial charge in [0.1, 0.15) is 5.60 Å². The van der Waals surface area contributed by atoms with Crippen LogP contribution < -0.4 is 5.32 Å². The van der Waals surface area contributed by atoms with Gasteiger partial charge in [-0.25, -0.2) is 9.59 Å². The average molecular weight is 201 g/mol. The monoisotopic (exact) mass is 201 g/mol. The Kier molecular flexibility index (Phi) is 2.54. The Hall–Kier alpha value is -1.10. The Morgan fingerprint density at radius 1 is 1.43 bits per heavy atom. The first-order chi connectivity index (χ1) is 6.28. The van der Waals surface area contributed by atoms with Gasteiger partial charge < -0.3 is 9.84 Å². The number of carbonyl (C=O) groups is 2. The van der Waals surface area contributed by atoms with Crippen LogP contribution in [0.3, 0.4) is 0 Å². The second-order valence-electron chi connectivity index (χ2n) is 4.39. The van der Waals surface area contributed by atoms with Gasteiger partial charge in [0.25, 0.3) is 0 Å². The van der Waals surface area contributed by atoms with Crippen LogP contribution in [0.15, 0.2) is 0 Å². The van der Waals surface area contributed by atoms with Gasteiger partial charge in [-0.1, -0.05) is 0 Å². The first kappa shape index (κ1) is 11.0. The summed E-state index contributed by atoms with van der Waals surface area (Å²) in [6.07, 6.45) is 0.289. The molecule has 1 rings (SSSR count). The number of rotatable bonds is 2. The Balaban J connectivity index is 2.72. The standard InChI is InChI=1S/C9H15NO4/c1-8(2,3)14-7(13)9(6(11)12)4-5-10-9/h10H,4-5H2,1-3H3,(H,11,12). The molecule has 5 heteroatoms. The smallest absolute Gasteiger partial charge is 0.338 e.